The lowest BCUT2D eigenvalue weighted by atomic mass is 9.86. The molecule has 1 saturated heterocycles. The second kappa shape index (κ2) is 8.24. The van der Waals surface area contributed by atoms with Gasteiger partial charge in [-0.3, -0.25) is 4.79 Å². The molecule has 166 valence electrons. The second-order valence-electron chi connectivity index (χ2n) is 8.34. The van der Waals surface area contributed by atoms with Gasteiger partial charge in [0.2, 0.25) is 5.91 Å². The van der Waals surface area contributed by atoms with Gasteiger partial charge in [0, 0.05) is 31.6 Å². The molecule has 0 N–H and O–H groups in total. The standard InChI is InChI=1S/C25H27N3O4/c1-27(25-26-17-7-4-5-8-18(14-17)32-25)20-9-6-10-22(29)28-12-11-16-13-19(30-2)15-21(31-3)23(16)24(20)28/h4-5,7-8,13,15,20,24H,6,9-12H2,1-3H3. The number of allylic oxidation sites excluding steroid dienone is 3. The molecule has 0 aromatic heterocycles. The number of hydrogen-bond donors (Lipinski definition) is 0. The van der Waals surface area contributed by atoms with Crippen LogP contribution < -0.4 is 9.47 Å². The molecule has 4 aliphatic rings. The van der Waals surface area contributed by atoms with Gasteiger partial charge in [0.25, 0.3) is 6.02 Å². The molecule has 1 aromatic carbocycles. The summed E-state index contributed by atoms with van der Waals surface area (Å²) in [6.45, 7) is 0.673. The Kier molecular flexibility index (Phi) is 5.27. The maximum atomic E-state index is 13.1. The van der Waals surface area contributed by atoms with Gasteiger partial charge in [0.15, 0.2) is 5.76 Å². The molecule has 1 fully saturated rings. The maximum absolute atomic E-state index is 13.1. The number of amidine groups is 1. The first-order valence-electron chi connectivity index (χ1n) is 11.0. The Morgan fingerprint density at radius 3 is 2.84 bits per heavy atom. The van der Waals surface area contributed by atoms with Crippen molar-refractivity contribution < 1.29 is 19.0 Å². The summed E-state index contributed by atoms with van der Waals surface area (Å²) < 4.78 is 17.3. The van der Waals surface area contributed by atoms with Gasteiger partial charge < -0.3 is 24.0 Å². The molecular weight excluding hydrogens is 406 g/mol. The van der Waals surface area contributed by atoms with E-state index in [1.54, 1.807) is 14.2 Å². The molecule has 0 spiro atoms. The number of fused-ring (bicyclic) bond motifs is 3. The second-order valence-corrected chi connectivity index (χ2v) is 8.34. The van der Waals surface area contributed by atoms with Gasteiger partial charge in [-0.05, 0) is 48.8 Å². The topological polar surface area (TPSA) is 63.6 Å². The van der Waals surface area contributed by atoms with Gasteiger partial charge in [0.1, 0.15) is 17.2 Å². The van der Waals surface area contributed by atoms with Crippen LogP contribution in [0.15, 0.2) is 58.6 Å². The SMILES string of the molecule is COc1cc2c(c(OC)c1)C1C(N(C)C3=NC4=C=C(C=CC=C4)O3)CCCC(=O)N1CC2. The van der Waals surface area contributed by atoms with Crippen molar-refractivity contribution in [1.82, 2.24) is 9.80 Å². The van der Waals surface area contributed by atoms with Crippen LogP contribution in [0.1, 0.15) is 36.4 Å². The molecule has 0 radical (unpaired) electrons. The first-order valence-corrected chi connectivity index (χ1v) is 11.0. The Balaban J connectivity index is 1.58. The number of likely N-dealkylation sites (N-methyl/N-ethyl adjacent to an activating group) is 1. The number of rotatable bonds is 3. The first kappa shape index (κ1) is 20.5. The zero-order chi connectivity index (χ0) is 22.2. The largest absolute Gasteiger partial charge is 0.497 e. The van der Waals surface area contributed by atoms with Gasteiger partial charge in [-0.1, -0.05) is 12.2 Å². The van der Waals surface area contributed by atoms with Crippen LogP contribution in [0.5, 0.6) is 11.5 Å². The quantitative estimate of drug-likeness (QED) is 0.683. The van der Waals surface area contributed by atoms with Crippen molar-refractivity contribution in [3.05, 3.63) is 64.8 Å². The van der Waals surface area contributed by atoms with Crippen molar-refractivity contribution in [2.45, 2.75) is 37.8 Å². The van der Waals surface area contributed by atoms with Crippen molar-refractivity contribution >= 4 is 11.9 Å². The highest BCUT2D eigenvalue weighted by atomic mass is 16.5. The molecule has 1 aliphatic carbocycles. The van der Waals surface area contributed by atoms with E-state index in [4.69, 9.17) is 14.2 Å². The highest BCUT2D eigenvalue weighted by Gasteiger charge is 2.43. The molecule has 2 bridgehead atoms. The van der Waals surface area contributed by atoms with Crippen molar-refractivity contribution in [3.63, 3.8) is 0 Å². The van der Waals surface area contributed by atoms with E-state index >= 15 is 0 Å². The molecule has 2 atom stereocenters. The van der Waals surface area contributed by atoms with E-state index in [1.165, 1.54) is 0 Å². The third kappa shape index (κ3) is 3.49. The lowest BCUT2D eigenvalue weighted by Crippen LogP contribution is -2.50. The summed E-state index contributed by atoms with van der Waals surface area (Å²) in [6.07, 6.45) is 10.6. The summed E-state index contributed by atoms with van der Waals surface area (Å²) in [6, 6.07) is 4.31. The fourth-order valence-electron chi connectivity index (χ4n) is 5.01. The van der Waals surface area contributed by atoms with Crippen LogP contribution in [-0.2, 0) is 16.0 Å². The number of carbonyl (C=O) groups is 1. The van der Waals surface area contributed by atoms with Gasteiger partial charge in [-0.15, -0.1) is 0 Å². The molecule has 7 nitrogen and oxygen atoms in total. The summed E-state index contributed by atoms with van der Waals surface area (Å²) in [5.41, 5.74) is 6.09. The number of benzene rings is 1. The van der Waals surface area contributed by atoms with Gasteiger partial charge >= 0.3 is 0 Å². The molecule has 32 heavy (non-hydrogen) atoms. The number of carbonyl (C=O) groups excluding carboxylic acids is 1. The number of nitrogens with zero attached hydrogens (tertiary/aromatic N) is 3. The minimum Gasteiger partial charge on any atom is -0.497 e. The average Bonchev–Trinajstić information content (AvgIpc) is 3.09. The zero-order valence-corrected chi connectivity index (χ0v) is 18.6. The highest BCUT2D eigenvalue weighted by Crippen LogP contribution is 2.45. The van der Waals surface area contributed by atoms with Crippen LogP contribution in [0, 0.1) is 0 Å². The predicted octanol–water partition coefficient (Wildman–Crippen LogP) is 3.49. The third-order valence-electron chi connectivity index (χ3n) is 6.57. The normalized spacial score (nSPS) is 23.5. The average molecular weight is 434 g/mol. The summed E-state index contributed by atoms with van der Waals surface area (Å²) in [4.78, 5) is 21.8. The van der Waals surface area contributed by atoms with E-state index in [9.17, 15) is 4.79 Å². The summed E-state index contributed by atoms with van der Waals surface area (Å²) in [5, 5.41) is 0. The Labute approximate surface area is 188 Å². The summed E-state index contributed by atoms with van der Waals surface area (Å²) in [5.74, 6) is 2.33. The number of amides is 1. The van der Waals surface area contributed by atoms with Crippen LogP contribution >= 0.6 is 0 Å². The Hall–Kier alpha value is -3.44. The Morgan fingerprint density at radius 2 is 2.03 bits per heavy atom. The van der Waals surface area contributed by atoms with E-state index in [1.807, 2.05) is 42.3 Å². The fraction of sp³-hybridized carbons (Fsp3) is 0.400. The monoisotopic (exact) mass is 433 g/mol. The fourth-order valence-corrected chi connectivity index (χ4v) is 5.01. The zero-order valence-electron chi connectivity index (χ0n) is 18.6. The summed E-state index contributed by atoms with van der Waals surface area (Å²) in [7, 11) is 5.32. The van der Waals surface area contributed by atoms with Gasteiger partial charge in [-0.25, -0.2) is 0 Å². The first-order chi connectivity index (χ1) is 15.6. The lowest BCUT2D eigenvalue weighted by Gasteiger charge is -2.44. The smallest absolute Gasteiger partial charge is 0.299 e. The van der Waals surface area contributed by atoms with E-state index in [-0.39, 0.29) is 18.0 Å². The number of aliphatic imine (C=N–C) groups is 1. The minimum atomic E-state index is -0.163. The van der Waals surface area contributed by atoms with Crippen LogP contribution in [0.4, 0.5) is 0 Å². The molecule has 0 saturated carbocycles. The molecule has 5 rings (SSSR count). The predicted molar refractivity (Wildman–Crippen MR) is 120 cm³/mol. The van der Waals surface area contributed by atoms with Crippen molar-refractivity contribution in [3.8, 4) is 11.5 Å². The molecule has 2 unspecified atom stereocenters. The molecule has 1 aromatic rings. The van der Waals surface area contributed by atoms with Crippen LogP contribution in [0.3, 0.4) is 0 Å². The van der Waals surface area contributed by atoms with Crippen molar-refractivity contribution in [2.24, 2.45) is 4.99 Å². The Bertz CT molecular complexity index is 1090. The Morgan fingerprint density at radius 1 is 1.19 bits per heavy atom. The van der Waals surface area contributed by atoms with Crippen LogP contribution in [-0.4, -0.2) is 55.6 Å². The minimum absolute atomic E-state index is 0.0177. The molecule has 3 aliphatic heterocycles. The number of methoxy groups -OCH3 is 2. The van der Waals surface area contributed by atoms with Crippen molar-refractivity contribution in [2.75, 3.05) is 27.8 Å². The van der Waals surface area contributed by atoms with Gasteiger partial charge in [-0.2, -0.15) is 4.99 Å². The highest BCUT2D eigenvalue weighted by molar-refractivity contribution is 5.80. The van der Waals surface area contributed by atoms with E-state index in [0.29, 0.717) is 24.7 Å². The van der Waals surface area contributed by atoms with Crippen molar-refractivity contribution in [1.29, 1.82) is 0 Å². The molecular formula is C25H27N3O4. The van der Waals surface area contributed by atoms with Crippen LogP contribution in [0.25, 0.3) is 0 Å². The number of ether oxygens (including phenoxy) is 3. The maximum Gasteiger partial charge on any atom is 0.299 e. The molecule has 7 heteroatoms. The third-order valence-corrected chi connectivity index (χ3v) is 6.57. The molecule has 3 heterocycles. The van der Waals surface area contributed by atoms with E-state index in [2.05, 4.69) is 21.7 Å². The van der Waals surface area contributed by atoms with Gasteiger partial charge in [0.05, 0.1) is 26.3 Å². The lowest BCUT2D eigenvalue weighted by molar-refractivity contribution is -0.134. The number of hydrogen-bond acceptors (Lipinski definition) is 6. The summed E-state index contributed by atoms with van der Waals surface area (Å²) >= 11 is 0. The molecule has 1 amide bonds. The van der Waals surface area contributed by atoms with Crippen LogP contribution in [0.2, 0.25) is 0 Å². The van der Waals surface area contributed by atoms with E-state index < -0.39 is 0 Å². The van der Waals surface area contributed by atoms with E-state index in [0.717, 1.165) is 47.6 Å².